The Labute approximate surface area is 99.3 Å². The fourth-order valence-corrected chi connectivity index (χ4v) is 1.89. The first kappa shape index (κ1) is 11.9. The van der Waals surface area contributed by atoms with Gasteiger partial charge in [0.1, 0.15) is 0 Å². The van der Waals surface area contributed by atoms with Crippen molar-refractivity contribution in [3.05, 3.63) is 35.9 Å². The fraction of sp³-hybridized carbons (Fsp3) is 0.500. The molecular weight excluding hydrogens is 259 g/mol. The normalized spacial score (nSPS) is 17.4. The minimum absolute atomic E-state index is 0. The summed E-state index contributed by atoms with van der Waals surface area (Å²) in [6.07, 6.45) is 4.15. The Morgan fingerprint density at radius 1 is 1.14 bits per heavy atom. The van der Waals surface area contributed by atoms with Crippen molar-refractivity contribution in [2.45, 2.75) is 25.8 Å². The predicted octanol–water partition coefficient (Wildman–Crippen LogP) is 2.47. The van der Waals surface area contributed by atoms with Gasteiger partial charge in [-0.15, -0.1) is 5.56 Å². The van der Waals surface area contributed by atoms with E-state index in [2.05, 4.69) is 23.1 Å². The summed E-state index contributed by atoms with van der Waals surface area (Å²) in [6, 6.07) is 11.6. The first-order valence-electron chi connectivity index (χ1n) is 5.13. The van der Waals surface area contributed by atoms with Crippen molar-refractivity contribution >= 4 is 0 Å². The molecule has 1 nitrogen and oxygen atoms in total. The van der Waals surface area contributed by atoms with Gasteiger partial charge in [-0.1, -0.05) is 6.42 Å². The molecule has 1 aliphatic heterocycles. The van der Waals surface area contributed by atoms with Crippen molar-refractivity contribution in [2.75, 3.05) is 13.1 Å². The van der Waals surface area contributed by atoms with Gasteiger partial charge in [0.25, 0.3) is 0 Å². The van der Waals surface area contributed by atoms with Gasteiger partial charge in [0, 0.05) is 6.54 Å². The molecule has 0 bridgehead atoms. The Morgan fingerprint density at radius 2 is 1.93 bits per heavy atom. The zero-order valence-corrected chi connectivity index (χ0v) is 10.1. The second-order valence-corrected chi connectivity index (χ2v) is 3.72. The zero-order valence-electron chi connectivity index (χ0n) is 8.35. The van der Waals surface area contributed by atoms with Gasteiger partial charge in [-0.05, 0) is 25.9 Å². The Balaban J connectivity index is 0.000000980. The van der Waals surface area contributed by atoms with E-state index in [1.807, 2.05) is 12.1 Å². The molecule has 1 saturated heterocycles. The van der Waals surface area contributed by atoms with Gasteiger partial charge < -0.3 is 4.90 Å². The Kier molecular flexibility index (Phi) is 5.36. The molecule has 0 radical (unpaired) electrons. The van der Waals surface area contributed by atoms with Gasteiger partial charge in [0.2, 0.25) is 0 Å². The molecule has 0 unspecified atom stereocenters. The van der Waals surface area contributed by atoms with Crippen LogP contribution in [0.4, 0.5) is 0 Å². The third kappa shape index (κ3) is 3.51. The summed E-state index contributed by atoms with van der Waals surface area (Å²) in [5.41, 5.74) is 1.32. The van der Waals surface area contributed by atoms with Crippen LogP contribution >= 0.6 is 0 Å². The molecule has 0 amide bonds. The summed E-state index contributed by atoms with van der Waals surface area (Å²) >= 11 is 0. The van der Waals surface area contributed by atoms with E-state index < -0.39 is 0 Å². The number of hydrogen-bond donors (Lipinski definition) is 0. The van der Waals surface area contributed by atoms with Crippen LogP contribution < -0.4 is 0 Å². The number of hydrogen-bond acceptors (Lipinski definition) is 1. The van der Waals surface area contributed by atoms with Crippen LogP contribution in [-0.2, 0) is 26.0 Å². The van der Waals surface area contributed by atoms with Gasteiger partial charge in [0.15, 0.2) is 0 Å². The van der Waals surface area contributed by atoms with Crippen LogP contribution in [0.15, 0.2) is 24.3 Å². The maximum absolute atomic E-state index is 3.27. The Bertz CT molecular complexity index is 242. The number of rotatable bonds is 2. The molecule has 1 aliphatic rings. The molecule has 0 aliphatic carbocycles. The van der Waals surface area contributed by atoms with E-state index in [0.29, 0.717) is 0 Å². The number of nitrogens with zero attached hydrogens (tertiary/aromatic N) is 1. The summed E-state index contributed by atoms with van der Waals surface area (Å²) < 4.78 is 0. The van der Waals surface area contributed by atoms with Crippen molar-refractivity contribution < 1.29 is 19.5 Å². The van der Waals surface area contributed by atoms with E-state index >= 15 is 0 Å². The second kappa shape index (κ2) is 6.32. The molecule has 2 heteroatoms. The average Bonchev–Trinajstić information content (AvgIpc) is 2.21. The third-order valence-corrected chi connectivity index (χ3v) is 2.62. The average molecular weight is 275 g/mol. The maximum atomic E-state index is 3.27. The monoisotopic (exact) mass is 276 g/mol. The quantitative estimate of drug-likeness (QED) is 0.592. The van der Waals surface area contributed by atoms with Gasteiger partial charge in [0.05, 0.1) is 0 Å². The van der Waals surface area contributed by atoms with Crippen molar-refractivity contribution in [3.63, 3.8) is 0 Å². The van der Waals surface area contributed by atoms with Crippen molar-refractivity contribution in [1.82, 2.24) is 4.90 Å². The fourth-order valence-electron chi connectivity index (χ4n) is 1.89. The first-order chi connectivity index (χ1) is 6.45. The Hall–Kier alpha value is -0.197. The van der Waals surface area contributed by atoms with E-state index in [-0.39, 0.29) is 19.5 Å². The molecule has 76 valence electrons. The molecule has 1 aromatic carbocycles. The molecule has 0 aromatic heterocycles. The molecule has 0 spiro atoms. The number of piperidine rings is 1. The van der Waals surface area contributed by atoms with E-state index in [0.717, 1.165) is 6.54 Å². The predicted molar refractivity (Wildman–Crippen MR) is 54.4 cm³/mol. The van der Waals surface area contributed by atoms with E-state index in [9.17, 15) is 0 Å². The topological polar surface area (TPSA) is 3.24 Å². The number of likely N-dealkylation sites (tertiary alicyclic amines) is 1. The van der Waals surface area contributed by atoms with Crippen LogP contribution in [0.25, 0.3) is 0 Å². The molecule has 1 aromatic rings. The van der Waals surface area contributed by atoms with Gasteiger partial charge in [-0.25, -0.2) is 0 Å². The van der Waals surface area contributed by atoms with Crippen LogP contribution in [0.1, 0.15) is 24.8 Å². The van der Waals surface area contributed by atoms with Crippen LogP contribution in [-0.4, -0.2) is 18.0 Å². The summed E-state index contributed by atoms with van der Waals surface area (Å²) in [5, 5.41) is 0. The van der Waals surface area contributed by atoms with E-state index in [1.54, 1.807) is 0 Å². The van der Waals surface area contributed by atoms with Crippen LogP contribution in [0, 0.1) is 6.07 Å². The molecule has 2 rings (SSSR count). The van der Waals surface area contributed by atoms with Crippen molar-refractivity contribution in [2.24, 2.45) is 0 Å². The molecular formula is C12H16NRu+. The van der Waals surface area contributed by atoms with Gasteiger partial charge >= 0.3 is 19.5 Å². The second-order valence-electron chi connectivity index (χ2n) is 3.72. The molecule has 0 N–H and O–H groups in total. The molecule has 0 atom stereocenters. The zero-order chi connectivity index (χ0) is 8.93. The molecule has 1 heterocycles. The van der Waals surface area contributed by atoms with Crippen LogP contribution in [0.2, 0.25) is 0 Å². The molecule has 14 heavy (non-hydrogen) atoms. The first-order valence-corrected chi connectivity index (χ1v) is 5.13. The molecule has 1 fully saturated rings. The smallest absolute Gasteiger partial charge is 0.301 e. The standard InChI is InChI=1S/C12H16N.Ru/c1-3-7-12(8-4-1)11-13-9-5-2-6-10-13;/h1,3-4,7H,2,5-6,9-11H2;/q-1;+2. The van der Waals surface area contributed by atoms with Crippen molar-refractivity contribution in [3.8, 4) is 0 Å². The van der Waals surface area contributed by atoms with E-state index in [1.165, 1.54) is 37.9 Å². The minimum atomic E-state index is 0. The SMILES string of the molecule is [Ru+2].[c-]1ccccc1CN1CCCCC1. The summed E-state index contributed by atoms with van der Waals surface area (Å²) in [6.45, 7) is 3.62. The minimum Gasteiger partial charge on any atom is -0.301 e. The Morgan fingerprint density at radius 3 is 2.57 bits per heavy atom. The third-order valence-electron chi connectivity index (χ3n) is 2.62. The maximum Gasteiger partial charge on any atom is 2.00 e. The van der Waals surface area contributed by atoms with Gasteiger partial charge in [-0.2, -0.15) is 30.3 Å². The summed E-state index contributed by atoms with van der Waals surface area (Å²) in [5.74, 6) is 0. The number of benzene rings is 1. The van der Waals surface area contributed by atoms with Crippen LogP contribution in [0.3, 0.4) is 0 Å². The summed E-state index contributed by atoms with van der Waals surface area (Å²) in [7, 11) is 0. The van der Waals surface area contributed by atoms with Crippen molar-refractivity contribution in [1.29, 1.82) is 0 Å². The van der Waals surface area contributed by atoms with Gasteiger partial charge in [-0.3, -0.25) is 0 Å². The molecule has 0 saturated carbocycles. The summed E-state index contributed by atoms with van der Waals surface area (Å²) in [4.78, 5) is 2.52. The van der Waals surface area contributed by atoms with E-state index in [4.69, 9.17) is 0 Å². The largest absolute Gasteiger partial charge is 2.00 e. The van der Waals surface area contributed by atoms with Crippen LogP contribution in [0.5, 0.6) is 0 Å².